The topological polar surface area (TPSA) is 50.4 Å². The van der Waals surface area contributed by atoms with Crippen molar-refractivity contribution in [2.24, 2.45) is 0 Å². The molecule has 4 heteroatoms. The van der Waals surface area contributed by atoms with E-state index in [-0.39, 0.29) is 12.1 Å². The van der Waals surface area contributed by atoms with Crippen molar-refractivity contribution < 1.29 is 9.53 Å². The Bertz CT molecular complexity index is 355. The quantitative estimate of drug-likeness (QED) is 0.478. The van der Waals surface area contributed by atoms with Crippen LogP contribution in [0.3, 0.4) is 0 Å². The number of rotatable bonds is 11. The van der Waals surface area contributed by atoms with Crippen molar-refractivity contribution in [2.45, 2.75) is 129 Å². The molecule has 0 radical (unpaired) electrons. The molecule has 1 fully saturated rings. The van der Waals surface area contributed by atoms with Gasteiger partial charge in [-0.1, -0.05) is 52.4 Å². The summed E-state index contributed by atoms with van der Waals surface area (Å²) >= 11 is 0. The molecule has 0 aromatic carbocycles. The second-order valence-electron chi connectivity index (χ2n) is 8.65. The van der Waals surface area contributed by atoms with Crippen LogP contribution < -0.4 is 10.6 Å². The summed E-state index contributed by atoms with van der Waals surface area (Å²) in [6, 6.07) is 1.18. The third kappa shape index (κ3) is 10.1. The maximum atomic E-state index is 12.1. The highest BCUT2D eigenvalue weighted by Gasteiger charge is 2.31. The minimum atomic E-state index is -0.436. The molecule has 2 unspecified atom stereocenters. The van der Waals surface area contributed by atoms with Gasteiger partial charge in [-0.15, -0.1) is 0 Å². The van der Waals surface area contributed by atoms with E-state index in [1.54, 1.807) is 0 Å². The third-order valence-corrected chi connectivity index (χ3v) is 4.98. The minimum Gasteiger partial charge on any atom is -0.444 e. The maximum absolute atomic E-state index is 12.1. The number of hydrogen-bond donors (Lipinski definition) is 2. The second kappa shape index (κ2) is 11.8. The predicted octanol–water partition coefficient (Wildman–Crippen LogP) is 5.55. The van der Waals surface area contributed by atoms with Crippen molar-refractivity contribution in [1.82, 2.24) is 10.6 Å². The van der Waals surface area contributed by atoms with Gasteiger partial charge in [0.1, 0.15) is 5.60 Å². The van der Waals surface area contributed by atoms with E-state index in [0.717, 1.165) is 12.8 Å². The minimum absolute atomic E-state index is 0.203. The normalized spacial score (nSPS) is 20.9. The first-order chi connectivity index (χ1) is 11.9. The zero-order valence-electron chi connectivity index (χ0n) is 17.3. The van der Waals surface area contributed by atoms with E-state index in [2.05, 4.69) is 24.5 Å². The zero-order chi connectivity index (χ0) is 18.7. The largest absolute Gasteiger partial charge is 0.444 e. The summed E-state index contributed by atoms with van der Waals surface area (Å²) in [5, 5.41) is 6.98. The van der Waals surface area contributed by atoms with Crippen LogP contribution in [-0.4, -0.2) is 29.8 Å². The monoisotopic (exact) mass is 354 g/mol. The summed E-state index contributed by atoms with van der Waals surface area (Å²) < 4.78 is 5.43. The van der Waals surface area contributed by atoms with Crippen molar-refractivity contribution in [3.05, 3.63) is 0 Å². The van der Waals surface area contributed by atoms with Crippen LogP contribution >= 0.6 is 0 Å². The number of unbranched alkanes of at least 4 members (excludes halogenated alkanes) is 4. The molecule has 1 aliphatic rings. The lowest BCUT2D eigenvalue weighted by Gasteiger charge is -2.29. The summed E-state index contributed by atoms with van der Waals surface area (Å²) in [4.78, 5) is 12.1. The lowest BCUT2D eigenvalue weighted by atomic mass is 10.00. The van der Waals surface area contributed by atoms with Crippen LogP contribution in [0.5, 0.6) is 0 Å². The summed E-state index contributed by atoms with van der Waals surface area (Å²) in [6.45, 7) is 10.3. The van der Waals surface area contributed by atoms with E-state index < -0.39 is 5.60 Å². The first kappa shape index (κ1) is 22.3. The molecule has 0 aliphatic heterocycles. The molecular weight excluding hydrogens is 312 g/mol. The van der Waals surface area contributed by atoms with E-state index >= 15 is 0 Å². The zero-order valence-corrected chi connectivity index (χ0v) is 17.3. The van der Waals surface area contributed by atoms with E-state index in [1.165, 1.54) is 57.8 Å². The molecule has 2 N–H and O–H groups in total. The van der Waals surface area contributed by atoms with Crippen LogP contribution in [0, 0.1) is 0 Å². The van der Waals surface area contributed by atoms with Crippen molar-refractivity contribution in [2.75, 3.05) is 0 Å². The van der Waals surface area contributed by atoms with Crippen LogP contribution in [0.25, 0.3) is 0 Å². The molecule has 148 valence electrons. The Morgan fingerprint density at radius 2 is 1.56 bits per heavy atom. The Morgan fingerprint density at radius 3 is 2.08 bits per heavy atom. The van der Waals surface area contributed by atoms with Crippen molar-refractivity contribution >= 4 is 6.09 Å². The predicted molar refractivity (Wildman–Crippen MR) is 106 cm³/mol. The fourth-order valence-electron chi connectivity index (χ4n) is 3.69. The molecule has 1 saturated carbocycles. The van der Waals surface area contributed by atoms with Gasteiger partial charge in [-0.05, 0) is 52.9 Å². The molecule has 2 atom stereocenters. The number of hydrogen-bond acceptors (Lipinski definition) is 3. The maximum Gasteiger partial charge on any atom is 0.407 e. The molecule has 1 rings (SSSR count). The van der Waals surface area contributed by atoms with Crippen LogP contribution in [0.2, 0.25) is 0 Å². The molecule has 4 nitrogen and oxygen atoms in total. The fraction of sp³-hybridized carbons (Fsp3) is 0.952. The average Bonchev–Trinajstić information content (AvgIpc) is 2.92. The number of alkyl carbamates (subject to hydrolysis) is 1. The summed E-state index contributed by atoms with van der Waals surface area (Å²) in [7, 11) is 0. The average molecular weight is 355 g/mol. The van der Waals surface area contributed by atoms with E-state index in [9.17, 15) is 4.79 Å². The molecule has 1 aliphatic carbocycles. The number of ether oxygens (including phenoxy) is 1. The van der Waals surface area contributed by atoms with E-state index in [1.807, 2.05) is 20.8 Å². The van der Waals surface area contributed by atoms with Crippen molar-refractivity contribution in [3.63, 3.8) is 0 Å². The Morgan fingerprint density at radius 1 is 1.00 bits per heavy atom. The molecule has 1 amide bonds. The smallest absolute Gasteiger partial charge is 0.407 e. The molecule has 0 heterocycles. The van der Waals surface area contributed by atoms with Crippen LogP contribution in [-0.2, 0) is 4.74 Å². The van der Waals surface area contributed by atoms with Gasteiger partial charge in [0.2, 0.25) is 0 Å². The first-order valence-electron chi connectivity index (χ1n) is 10.6. The van der Waals surface area contributed by atoms with Gasteiger partial charge < -0.3 is 15.4 Å². The molecule has 0 saturated heterocycles. The number of carbonyl (C=O) groups excluding carboxylic acids is 1. The Balaban J connectivity index is 2.50. The Labute approximate surface area is 155 Å². The molecule has 0 aromatic heterocycles. The molecule has 25 heavy (non-hydrogen) atoms. The highest BCUT2D eigenvalue weighted by molar-refractivity contribution is 5.68. The van der Waals surface area contributed by atoms with Gasteiger partial charge in [0.25, 0.3) is 0 Å². The van der Waals surface area contributed by atoms with Crippen LogP contribution in [0.15, 0.2) is 0 Å². The van der Waals surface area contributed by atoms with Gasteiger partial charge in [-0.3, -0.25) is 0 Å². The van der Waals surface area contributed by atoms with Crippen molar-refractivity contribution in [3.8, 4) is 0 Å². The highest BCUT2D eigenvalue weighted by atomic mass is 16.6. The number of carbonyl (C=O) groups is 1. The number of nitrogens with one attached hydrogen (secondary N) is 2. The fourth-order valence-corrected chi connectivity index (χ4v) is 3.69. The molecular formula is C21H42N2O2. The lowest BCUT2D eigenvalue weighted by molar-refractivity contribution is 0.0496. The van der Waals surface area contributed by atoms with Gasteiger partial charge in [0.05, 0.1) is 0 Å². The molecule has 0 spiro atoms. The highest BCUT2D eigenvalue weighted by Crippen LogP contribution is 2.22. The van der Waals surface area contributed by atoms with E-state index in [0.29, 0.717) is 12.1 Å². The van der Waals surface area contributed by atoms with Crippen molar-refractivity contribution in [1.29, 1.82) is 0 Å². The standard InChI is InChI=1S/C21H42N2O2/c1-6-8-10-13-17(14-11-9-7-2)22-18-15-12-16-19(18)23-20(24)25-21(3,4)5/h17-19,22H,6-16H2,1-5H3,(H,23,24). The molecule has 0 aromatic rings. The van der Waals surface area contributed by atoms with Gasteiger partial charge >= 0.3 is 6.09 Å². The van der Waals surface area contributed by atoms with Crippen LogP contribution in [0.4, 0.5) is 4.79 Å². The summed E-state index contributed by atoms with van der Waals surface area (Å²) in [5.41, 5.74) is -0.436. The third-order valence-electron chi connectivity index (χ3n) is 4.98. The van der Waals surface area contributed by atoms with Gasteiger partial charge in [-0.2, -0.15) is 0 Å². The molecule has 0 bridgehead atoms. The lowest BCUT2D eigenvalue weighted by Crippen LogP contribution is -2.50. The van der Waals surface area contributed by atoms with Gasteiger partial charge in [0.15, 0.2) is 0 Å². The van der Waals surface area contributed by atoms with Gasteiger partial charge in [0, 0.05) is 18.1 Å². The van der Waals surface area contributed by atoms with E-state index in [4.69, 9.17) is 4.74 Å². The number of amides is 1. The second-order valence-corrected chi connectivity index (χ2v) is 8.65. The summed E-state index contributed by atoms with van der Waals surface area (Å²) in [6.07, 6.45) is 13.4. The van der Waals surface area contributed by atoms with Gasteiger partial charge in [-0.25, -0.2) is 4.79 Å². The van der Waals surface area contributed by atoms with Crippen LogP contribution in [0.1, 0.15) is 105 Å². The Hall–Kier alpha value is -0.770. The first-order valence-corrected chi connectivity index (χ1v) is 10.6. The Kier molecular flexibility index (Phi) is 10.5. The SMILES string of the molecule is CCCCCC(CCCCC)NC1CCCC1NC(=O)OC(C)(C)C. The summed E-state index contributed by atoms with van der Waals surface area (Å²) in [5.74, 6) is 0.